The first-order chi connectivity index (χ1) is 9.10. The molecule has 5 heteroatoms. The lowest BCUT2D eigenvalue weighted by Gasteiger charge is -2.08. The largest absolute Gasteiger partial charge is 0.381 e. The van der Waals surface area contributed by atoms with Crippen LogP contribution in [0.25, 0.3) is 0 Å². The zero-order valence-corrected chi connectivity index (χ0v) is 10.5. The number of hydrogen-bond donors (Lipinski definition) is 1. The highest BCUT2D eigenvalue weighted by molar-refractivity contribution is 6.31. The van der Waals surface area contributed by atoms with Crippen molar-refractivity contribution in [3.63, 3.8) is 0 Å². The summed E-state index contributed by atoms with van der Waals surface area (Å²) in [6.45, 7) is 0.253. The van der Waals surface area contributed by atoms with Crippen molar-refractivity contribution in [2.45, 2.75) is 6.54 Å². The second-order valence-electron chi connectivity index (χ2n) is 3.90. The van der Waals surface area contributed by atoms with Gasteiger partial charge < -0.3 is 5.32 Å². The Kier molecular flexibility index (Phi) is 3.98. The van der Waals surface area contributed by atoms with Crippen LogP contribution in [0.4, 0.5) is 14.5 Å². The lowest BCUT2D eigenvalue weighted by molar-refractivity contribution is 0.625. The molecule has 0 fully saturated rings. The summed E-state index contributed by atoms with van der Waals surface area (Å²) in [5.41, 5.74) is 1.52. The van der Waals surface area contributed by atoms with Crippen LogP contribution in [0.5, 0.6) is 0 Å². The fourth-order valence-electron chi connectivity index (χ4n) is 1.62. The van der Waals surface area contributed by atoms with Crippen LogP contribution in [0, 0.1) is 23.0 Å². The van der Waals surface area contributed by atoms with Gasteiger partial charge in [-0.3, -0.25) is 0 Å². The Morgan fingerprint density at radius 1 is 1.16 bits per heavy atom. The molecule has 1 N–H and O–H groups in total. The van der Waals surface area contributed by atoms with Crippen LogP contribution in [-0.2, 0) is 6.54 Å². The maximum atomic E-state index is 13.1. The molecule has 2 nitrogen and oxygen atoms in total. The first-order valence-corrected chi connectivity index (χ1v) is 5.85. The summed E-state index contributed by atoms with van der Waals surface area (Å²) in [6, 6.07) is 10.1. The van der Waals surface area contributed by atoms with Gasteiger partial charge in [-0.25, -0.2) is 8.78 Å². The van der Waals surface area contributed by atoms with E-state index in [1.165, 1.54) is 36.4 Å². The van der Waals surface area contributed by atoms with E-state index in [0.717, 1.165) is 0 Å². The third-order valence-electron chi connectivity index (χ3n) is 2.59. The molecule has 0 atom stereocenters. The second kappa shape index (κ2) is 5.68. The van der Waals surface area contributed by atoms with Gasteiger partial charge in [0.05, 0.1) is 16.7 Å². The second-order valence-corrected chi connectivity index (χ2v) is 4.30. The topological polar surface area (TPSA) is 35.8 Å². The van der Waals surface area contributed by atoms with Crippen molar-refractivity contribution >= 4 is 17.3 Å². The fourth-order valence-corrected chi connectivity index (χ4v) is 1.80. The molecule has 0 saturated carbocycles. The predicted molar refractivity (Wildman–Crippen MR) is 69.9 cm³/mol. The van der Waals surface area contributed by atoms with Crippen LogP contribution in [-0.4, -0.2) is 0 Å². The minimum atomic E-state index is -0.504. The molecular formula is C14H9ClF2N2. The fraction of sp³-hybridized carbons (Fsp3) is 0.0714. The van der Waals surface area contributed by atoms with Crippen LogP contribution < -0.4 is 5.32 Å². The average molecular weight is 279 g/mol. The predicted octanol–water partition coefficient (Wildman–Crippen LogP) is 4.10. The number of rotatable bonds is 3. The number of nitrogens with zero attached hydrogens (tertiary/aromatic N) is 1. The lowest BCUT2D eigenvalue weighted by atomic mass is 10.1. The maximum absolute atomic E-state index is 13.1. The molecule has 0 aromatic heterocycles. The van der Waals surface area contributed by atoms with Crippen molar-refractivity contribution in [1.82, 2.24) is 0 Å². The molecular weight excluding hydrogens is 270 g/mol. The molecule has 0 aliphatic heterocycles. The Morgan fingerprint density at radius 3 is 2.63 bits per heavy atom. The molecule has 0 aliphatic rings. The molecule has 96 valence electrons. The van der Waals surface area contributed by atoms with Gasteiger partial charge in [0.2, 0.25) is 0 Å². The van der Waals surface area contributed by atoms with E-state index in [1.807, 2.05) is 6.07 Å². The number of nitrogens with one attached hydrogen (secondary N) is 1. The Bertz CT molecular complexity index is 650. The summed E-state index contributed by atoms with van der Waals surface area (Å²) in [4.78, 5) is 0. The molecule has 0 unspecified atom stereocenters. The monoisotopic (exact) mass is 278 g/mol. The van der Waals surface area contributed by atoms with Gasteiger partial charge in [0.1, 0.15) is 11.6 Å². The van der Waals surface area contributed by atoms with Crippen molar-refractivity contribution in [1.29, 1.82) is 5.26 Å². The van der Waals surface area contributed by atoms with Gasteiger partial charge in [-0.2, -0.15) is 5.26 Å². The summed E-state index contributed by atoms with van der Waals surface area (Å²) < 4.78 is 26.1. The molecule has 2 aromatic rings. The maximum Gasteiger partial charge on any atom is 0.141 e. The quantitative estimate of drug-likeness (QED) is 0.917. The number of halogens is 3. The van der Waals surface area contributed by atoms with Crippen LogP contribution in [0.15, 0.2) is 36.4 Å². The first kappa shape index (κ1) is 13.3. The summed E-state index contributed by atoms with van der Waals surface area (Å²) in [6.07, 6.45) is 0. The Labute approximate surface area is 114 Å². The standard InChI is InChI=1S/C14H9ClF2N2/c15-13-6-12(3-4-14(13)17)19-8-10-5-11(16)2-1-9(10)7-18/h1-6,19H,8H2. The van der Waals surface area contributed by atoms with Crippen LogP contribution in [0.3, 0.4) is 0 Å². The van der Waals surface area contributed by atoms with E-state index in [-0.39, 0.29) is 11.6 Å². The van der Waals surface area contributed by atoms with Crippen molar-refractivity contribution in [3.8, 4) is 6.07 Å². The van der Waals surface area contributed by atoms with Crippen LogP contribution in [0.2, 0.25) is 5.02 Å². The van der Waals surface area contributed by atoms with Gasteiger partial charge in [0, 0.05) is 12.2 Å². The van der Waals surface area contributed by atoms with Crippen LogP contribution in [0.1, 0.15) is 11.1 Å². The summed E-state index contributed by atoms with van der Waals surface area (Å²) in [7, 11) is 0. The van der Waals surface area contributed by atoms with Gasteiger partial charge in [0.25, 0.3) is 0 Å². The average Bonchev–Trinajstić information content (AvgIpc) is 2.40. The van der Waals surface area contributed by atoms with E-state index in [0.29, 0.717) is 16.8 Å². The first-order valence-electron chi connectivity index (χ1n) is 5.47. The Balaban J connectivity index is 2.16. The Hall–Kier alpha value is -2.12. The van der Waals surface area contributed by atoms with E-state index in [4.69, 9.17) is 16.9 Å². The van der Waals surface area contributed by atoms with Gasteiger partial charge in [-0.15, -0.1) is 0 Å². The molecule has 0 amide bonds. The molecule has 0 aliphatic carbocycles. The molecule has 0 spiro atoms. The summed E-state index contributed by atoms with van der Waals surface area (Å²) in [5, 5.41) is 11.9. The highest BCUT2D eigenvalue weighted by Gasteiger charge is 2.05. The summed E-state index contributed by atoms with van der Waals surface area (Å²) in [5.74, 6) is -0.913. The number of anilines is 1. The SMILES string of the molecule is N#Cc1ccc(F)cc1CNc1ccc(F)c(Cl)c1. The minimum absolute atomic E-state index is 0.00440. The number of benzene rings is 2. The molecule has 2 aromatic carbocycles. The zero-order valence-electron chi connectivity index (χ0n) is 9.75. The normalized spacial score (nSPS) is 10.0. The molecule has 19 heavy (non-hydrogen) atoms. The highest BCUT2D eigenvalue weighted by atomic mass is 35.5. The molecule has 0 radical (unpaired) electrons. The smallest absolute Gasteiger partial charge is 0.141 e. The van der Waals surface area contributed by atoms with Gasteiger partial charge in [0.15, 0.2) is 0 Å². The van der Waals surface area contributed by atoms with Crippen molar-refractivity contribution in [2.75, 3.05) is 5.32 Å². The van der Waals surface area contributed by atoms with Crippen molar-refractivity contribution in [2.24, 2.45) is 0 Å². The zero-order chi connectivity index (χ0) is 13.8. The molecule has 0 bridgehead atoms. The summed E-state index contributed by atoms with van der Waals surface area (Å²) >= 11 is 5.65. The highest BCUT2D eigenvalue weighted by Crippen LogP contribution is 2.20. The van der Waals surface area contributed by atoms with Gasteiger partial charge in [-0.1, -0.05) is 11.6 Å². The molecule has 2 rings (SSSR count). The van der Waals surface area contributed by atoms with Gasteiger partial charge in [-0.05, 0) is 42.0 Å². The number of hydrogen-bond acceptors (Lipinski definition) is 2. The lowest BCUT2D eigenvalue weighted by Crippen LogP contribution is -2.02. The molecule has 0 heterocycles. The number of nitriles is 1. The van der Waals surface area contributed by atoms with E-state index < -0.39 is 11.6 Å². The minimum Gasteiger partial charge on any atom is -0.381 e. The van der Waals surface area contributed by atoms with E-state index in [9.17, 15) is 8.78 Å². The Morgan fingerprint density at radius 2 is 1.95 bits per heavy atom. The van der Waals surface area contributed by atoms with Crippen molar-refractivity contribution in [3.05, 3.63) is 64.2 Å². The van der Waals surface area contributed by atoms with Crippen molar-refractivity contribution < 1.29 is 8.78 Å². The third-order valence-corrected chi connectivity index (χ3v) is 2.88. The van der Waals surface area contributed by atoms with E-state index in [2.05, 4.69) is 5.32 Å². The van der Waals surface area contributed by atoms with E-state index in [1.54, 1.807) is 0 Å². The van der Waals surface area contributed by atoms with Gasteiger partial charge >= 0.3 is 0 Å². The van der Waals surface area contributed by atoms with Crippen LogP contribution >= 0.6 is 11.6 Å². The van der Waals surface area contributed by atoms with E-state index >= 15 is 0 Å². The molecule has 0 saturated heterocycles. The third kappa shape index (κ3) is 3.21.